The normalized spacial score (nSPS) is 21.2. The number of ether oxygens (including phenoxy) is 1. The average molecular weight is 565 g/mol. The average Bonchev–Trinajstić information content (AvgIpc) is 3.04. The van der Waals surface area contributed by atoms with Gasteiger partial charge in [-0.25, -0.2) is 0 Å². The van der Waals surface area contributed by atoms with Crippen molar-refractivity contribution in [3.05, 3.63) is 76.8 Å². The van der Waals surface area contributed by atoms with Crippen LogP contribution in [0.2, 0.25) is 5.02 Å². The van der Waals surface area contributed by atoms with Gasteiger partial charge in [-0.3, -0.25) is 14.4 Å². The Morgan fingerprint density at radius 1 is 1.05 bits per heavy atom. The van der Waals surface area contributed by atoms with E-state index in [0.29, 0.717) is 31.1 Å². The van der Waals surface area contributed by atoms with Crippen LogP contribution in [0.5, 0.6) is 0 Å². The first kappa shape index (κ1) is 29.7. The number of aliphatic carboxylic acids is 1. The Balaban J connectivity index is 0.000000259. The molecule has 0 bridgehead atoms. The molecule has 3 aromatic carbocycles. The number of piperidine rings is 1. The number of ketones is 1. The molecule has 2 aliphatic heterocycles. The lowest BCUT2D eigenvalue weighted by atomic mass is 9.84. The number of halogens is 1. The molecule has 8 heteroatoms. The summed E-state index contributed by atoms with van der Waals surface area (Å²) in [4.78, 5) is 36.5. The number of Topliss-reactive ketones (excluding diaryl/α,β-unsaturated/α-hetero) is 1. The number of carboxylic acid groups (broad SMARTS) is 1. The number of hydrogen-bond donors (Lipinski definition) is 2. The zero-order valence-electron chi connectivity index (χ0n) is 23.4. The number of anilines is 1. The molecule has 1 saturated heterocycles. The van der Waals surface area contributed by atoms with Gasteiger partial charge in [0, 0.05) is 35.3 Å². The van der Waals surface area contributed by atoms with Gasteiger partial charge >= 0.3 is 5.97 Å². The molecule has 2 N–H and O–H groups in total. The first-order valence-corrected chi connectivity index (χ1v) is 14.0. The molecule has 0 spiro atoms. The molecule has 2 heterocycles. The lowest BCUT2D eigenvalue weighted by Crippen LogP contribution is -2.43. The van der Waals surface area contributed by atoms with E-state index in [1.807, 2.05) is 41.3 Å². The van der Waals surface area contributed by atoms with Crippen molar-refractivity contribution in [1.82, 2.24) is 5.32 Å². The third-order valence-corrected chi connectivity index (χ3v) is 7.53. The van der Waals surface area contributed by atoms with Crippen molar-refractivity contribution in [2.75, 3.05) is 31.1 Å². The number of carbonyl (C=O) groups is 3. The van der Waals surface area contributed by atoms with E-state index in [9.17, 15) is 14.4 Å². The number of fused-ring (bicyclic) bond motifs is 2. The monoisotopic (exact) mass is 564 g/mol. The number of benzene rings is 3. The Morgan fingerprint density at radius 2 is 1.77 bits per heavy atom. The van der Waals surface area contributed by atoms with E-state index in [-0.39, 0.29) is 35.7 Å². The van der Waals surface area contributed by atoms with Gasteiger partial charge in [0.25, 0.3) is 5.91 Å². The number of nitrogens with zero attached hydrogens (tertiary/aromatic N) is 1. The minimum atomic E-state index is -0.850. The smallest absolute Gasteiger partial charge is 0.307 e. The van der Waals surface area contributed by atoms with Crippen LogP contribution in [0.15, 0.2) is 60.7 Å². The van der Waals surface area contributed by atoms with Crippen LogP contribution in [0.3, 0.4) is 0 Å². The molecule has 0 saturated carbocycles. The lowest BCUT2D eigenvalue weighted by Gasteiger charge is -2.30. The molecule has 3 aromatic rings. The SMILES string of the molecule is CC(=O)[C@H]1CNCC[C@@H]1C(=O)O.CC(C)(C)CN1C(=O)COC(c2cccc3ccccc23)c2cc(Cl)ccc21. The Morgan fingerprint density at radius 3 is 2.45 bits per heavy atom. The van der Waals surface area contributed by atoms with Crippen LogP contribution in [-0.4, -0.2) is 49.0 Å². The predicted molar refractivity (Wildman–Crippen MR) is 158 cm³/mol. The summed E-state index contributed by atoms with van der Waals surface area (Å²) >= 11 is 6.36. The summed E-state index contributed by atoms with van der Waals surface area (Å²) in [6.45, 7) is 9.69. The molecule has 212 valence electrons. The van der Waals surface area contributed by atoms with Gasteiger partial charge in [0.05, 0.1) is 5.92 Å². The van der Waals surface area contributed by atoms with E-state index in [2.05, 4.69) is 50.4 Å². The number of carboxylic acids is 1. The van der Waals surface area contributed by atoms with Crippen molar-refractivity contribution in [1.29, 1.82) is 0 Å². The first-order valence-electron chi connectivity index (χ1n) is 13.6. The summed E-state index contributed by atoms with van der Waals surface area (Å²) in [6, 6.07) is 20.1. The van der Waals surface area contributed by atoms with E-state index in [0.717, 1.165) is 27.6 Å². The van der Waals surface area contributed by atoms with Crippen molar-refractivity contribution in [2.24, 2.45) is 17.3 Å². The molecular weight excluding hydrogens is 528 g/mol. The summed E-state index contributed by atoms with van der Waals surface area (Å²) in [5.41, 5.74) is 2.82. The van der Waals surface area contributed by atoms with E-state index < -0.39 is 11.9 Å². The lowest BCUT2D eigenvalue weighted by molar-refractivity contribution is -0.147. The van der Waals surface area contributed by atoms with Crippen LogP contribution >= 0.6 is 11.6 Å². The molecule has 1 amide bonds. The largest absolute Gasteiger partial charge is 0.481 e. The van der Waals surface area contributed by atoms with E-state index >= 15 is 0 Å². The second-order valence-electron chi connectivity index (χ2n) is 11.7. The topological polar surface area (TPSA) is 95.9 Å². The molecule has 2 aliphatic rings. The molecule has 1 unspecified atom stereocenters. The van der Waals surface area contributed by atoms with Crippen LogP contribution in [0.25, 0.3) is 10.8 Å². The van der Waals surface area contributed by atoms with Gasteiger partial charge in [-0.2, -0.15) is 0 Å². The van der Waals surface area contributed by atoms with Crippen molar-refractivity contribution < 1.29 is 24.2 Å². The Bertz CT molecular complexity index is 1370. The van der Waals surface area contributed by atoms with Crippen LogP contribution < -0.4 is 10.2 Å². The van der Waals surface area contributed by atoms with E-state index in [1.54, 1.807) is 0 Å². The Hall–Kier alpha value is -3.26. The molecule has 0 aliphatic carbocycles. The Kier molecular flexibility index (Phi) is 9.29. The maximum Gasteiger partial charge on any atom is 0.307 e. The molecule has 1 fully saturated rings. The standard InChI is InChI=1S/C24H24ClNO2.C8H13NO3/c1-24(2,3)15-26-21-12-11-17(25)13-20(21)23(28-14-22(26)27)19-10-6-8-16-7-4-5-9-18(16)19;1-5(10)7-4-9-3-2-6(7)8(11)12/h4-13,23H,14-15H2,1-3H3;6-7,9H,2-4H2,1H3,(H,11,12)/t;6-,7+/m.0/s1. The van der Waals surface area contributed by atoms with Gasteiger partial charge in [0.1, 0.15) is 18.5 Å². The zero-order chi connectivity index (χ0) is 29.0. The summed E-state index contributed by atoms with van der Waals surface area (Å²) < 4.78 is 6.19. The molecule has 40 heavy (non-hydrogen) atoms. The Labute approximate surface area is 240 Å². The maximum atomic E-state index is 12.9. The van der Waals surface area contributed by atoms with Gasteiger partial charge < -0.3 is 20.1 Å². The molecular formula is C32H37ClN2O5. The fraction of sp³-hybridized carbons (Fsp3) is 0.406. The number of hydrogen-bond acceptors (Lipinski definition) is 5. The zero-order valence-corrected chi connectivity index (χ0v) is 24.2. The van der Waals surface area contributed by atoms with Crippen molar-refractivity contribution >= 4 is 45.7 Å². The summed E-state index contributed by atoms with van der Waals surface area (Å²) in [5, 5.41) is 14.7. The van der Waals surface area contributed by atoms with Crippen LogP contribution in [-0.2, 0) is 19.1 Å². The van der Waals surface area contributed by atoms with Gasteiger partial charge in [0.15, 0.2) is 0 Å². The molecule has 0 radical (unpaired) electrons. The highest BCUT2D eigenvalue weighted by Crippen LogP contribution is 2.40. The third-order valence-electron chi connectivity index (χ3n) is 7.30. The fourth-order valence-electron chi connectivity index (χ4n) is 5.40. The van der Waals surface area contributed by atoms with Crippen molar-refractivity contribution in [3.8, 4) is 0 Å². The van der Waals surface area contributed by atoms with Crippen molar-refractivity contribution in [2.45, 2.75) is 40.2 Å². The second-order valence-corrected chi connectivity index (χ2v) is 12.1. The predicted octanol–water partition coefficient (Wildman–Crippen LogP) is 5.88. The summed E-state index contributed by atoms with van der Waals surface area (Å²) in [5.74, 6) is -1.73. The highest BCUT2D eigenvalue weighted by molar-refractivity contribution is 6.30. The molecule has 7 nitrogen and oxygen atoms in total. The number of rotatable bonds is 4. The minimum absolute atomic E-state index is 0.0266. The van der Waals surface area contributed by atoms with Gasteiger partial charge in [-0.15, -0.1) is 0 Å². The molecule has 5 rings (SSSR count). The van der Waals surface area contributed by atoms with E-state index in [4.69, 9.17) is 21.4 Å². The highest BCUT2D eigenvalue weighted by atomic mass is 35.5. The highest BCUT2D eigenvalue weighted by Gasteiger charge is 2.34. The van der Waals surface area contributed by atoms with Crippen LogP contribution in [0, 0.1) is 17.3 Å². The second kappa shape index (κ2) is 12.5. The van der Waals surface area contributed by atoms with Gasteiger partial charge in [0.2, 0.25) is 0 Å². The maximum absolute atomic E-state index is 12.9. The summed E-state index contributed by atoms with van der Waals surface area (Å²) in [6.07, 6.45) is 0.202. The van der Waals surface area contributed by atoms with Crippen molar-refractivity contribution in [3.63, 3.8) is 0 Å². The molecule has 0 aromatic heterocycles. The number of nitrogens with one attached hydrogen (secondary N) is 1. The fourth-order valence-corrected chi connectivity index (χ4v) is 5.58. The quantitative estimate of drug-likeness (QED) is 0.411. The van der Waals surface area contributed by atoms with Gasteiger partial charge in [-0.05, 0) is 59.8 Å². The first-order chi connectivity index (χ1) is 19.0. The van der Waals surface area contributed by atoms with Gasteiger partial charge in [-0.1, -0.05) is 74.8 Å². The number of carbonyl (C=O) groups excluding carboxylic acids is 2. The van der Waals surface area contributed by atoms with Crippen LogP contribution in [0.4, 0.5) is 5.69 Å². The van der Waals surface area contributed by atoms with E-state index in [1.165, 1.54) is 6.92 Å². The summed E-state index contributed by atoms with van der Waals surface area (Å²) in [7, 11) is 0. The third kappa shape index (κ3) is 6.89. The van der Waals surface area contributed by atoms with Crippen LogP contribution in [0.1, 0.15) is 51.3 Å². The minimum Gasteiger partial charge on any atom is -0.481 e. The number of amides is 1. The molecule has 3 atom stereocenters.